The Balaban J connectivity index is 1.64. The van der Waals surface area contributed by atoms with Crippen LogP contribution in [0.5, 0.6) is 17.2 Å². The lowest BCUT2D eigenvalue weighted by Crippen LogP contribution is -2.30. The van der Waals surface area contributed by atoms with E-state index in [1.165, 1.54) is 13.0 Å². The van der Waals surface area contributed by atoms with Crippen LogP contribution in [0, 0.1) is 11.6 Å². The van der Waals surface area contributed by atoms with Gasteiger partial charge in [-0.05, 0) is 31.2 Å². The van der Waals surface area contributed by atoms with Crippen LogP contribution in [0.3, 0.4) is 0 Å². The molecule has 0 bridgehead atoms. The maximum atomic E-state index is 13.1. The quantitative estimate of drug-likeness (QED) is 0.940. The number of hydrogen-bond acceptors (Lipinski definition) is 4. The first-order chi connectivity index (χ1) is 11.0. The summed E-state index contributed by atoms with van der Waals surface area (Å²) in [7, 11) is 0. The Labute approximate surface area is 130 Å². The number of amides is 1. The molecule has 0 fully saturated rings. The van der Waals surface area contributed by atoms with Gasteiger partial charge in [0.25, 0.3) is 5.91 Å². The number of benzene rings is 2. The van der Waals surface area contributed by atoms with E-state index in [-0.39, 0.29) is 12.5 Å². The van der Waals surface area contributed by atoms with E-state index < -0.39 is 23.6 Å². The number of hydrogen-bond donors (Lipinski definition) is 1. The molecule has 0 saturated carbocycles. The molecule has 2 aromatic carbocycles. The summed E-state index contributed by atoms with van der Waals surface area (Å²) in [6.45, 7) is 1.64. The van der Waals surface area contributed by atoms with E-state index in [1.54, 1.807) is 18.2 Å². The largest absolute Gasteiger partial charge is 0.481 e. The number of rotatable bonds is 4. The van der Waals surface area contributed by atoms with Crippen LogP contribution in [0.4, 0.5) is 14.5 Å². The highest BCUT2D eigenvalue weighted by molar-refractivity contribution is 5.94. The standard InChI is InChI=1S/C16H13F2NO4/c1-9(23-11-3-4-12(17)13(18)7-11)16(20)19-10-2-5-14-15(6-10)22-8-21-14/h2-7,9H,8H2,1H3,(H,19,20). The fourth-order valence-electron chi connectivity index (χ4n) is 2.03. The fourth-order valence-corrected chi connectivity index (χ4v) is 2.03. The Morgan fingerprint density at radius 3 is 2.70 bits per heavy atom. The van der Waals surface area contributed by atoms with Crippen molar-refractivity contribution in [3.8, 4) is 17.2 Å². The zero-order valence-corrected chi connectivity index (χ0v) is 12.1. The maximum absolute atomic E-state index is 13.1. The molecule has 1 atom stereocenters. The molecule has 0 spiro atoms. The molecule has 1 aliphatic heterocycles. The lowest BCUT2D eigenvalue weighted by atomic mass is 10.2. The molecule has 0 aliphatic carbocycles. The minimum atomic E-state index is -1.04. The third-order valence-electron chi connectivity index (χ3n) is 3.21. The third kappa shape index (κ3) is 3.33. The van der Waals surface area contributed by atoms with Crippen LogP contribution in [-0.2, 0) is 4.79 Å². The van der Waals surface area contributed by atoms with Crippen molar-refractivity contribution < 1.29 is 27.8 Å². The third-order valence-corrected chi connectivity index (χ3v) is 3.21. The Morgan fingerprint density at radius 1 is 1.13 bits per heavy atom. The predicted octanol–water partition coefficient (Wildman–Crippen LogP) is 3.10. The molecular weight excluding hydrogens is 308 g/mol. The van der Waals surface area contributed by atoms with Gasteiger partial charge >= 0.3 is 0 Å². The Bertz CT molecular complexity index is 751. The van der Waals surface area contributed by atoms with Crippen molar-refractivity contribution >= 4 is 11.6 Å². The predicted molar refractivity (Wildman–Crippen MR) is 77.6 cm³/mol. The van der Waals surface area contributed by atoms with E-state index in [0.29, 0.717) is 17.2 Å². The molecule has 7 heteroatoms. The number of fused-ring (bicyclic) bond motifs is 1. The lowest BCUT2D eigenvalue weighted by Gasteiger charge is -2.15. The van der Waals surface area contributed by atoms with Crippen molar-refractivity contribution in [3.63, 3.8) is 0 Å². The fraction of sp³-hybridized carbons (Fsp3) is 0.188. The summed E-state index contributed by atoms with van der Waals surface area (Å²) < 4.78 is 41.7. The summed E-state index contributed by atoms with van der Waals surface area (Å²) in [4.78, 5) is 12.1. The summed E-state index contributed by atoms with van der Waals surface area (Å²) in [5.74, 6) is -1.24. The number of nitrogens with one attached hydrogen (secondary N) is 1. The van der Waals surface area contributed by atoms with E-state index in [0.717, 1.165) is 12.1 Å². The van der Waals surface area contributed by atoms with Crippen molar-refractivity contribution in [3.05, 3.63) is 48.0 Å². The minimum Gasteiger partial charge on any atom is -0.481 e. The Kier molecular flexibility index (Phi) is 4.01. The van der Waals surface area contributed by atoms with Gasteiger partial charge in [0.1, 0.15) is 5.75 Å². The van der Waals surface area contributed by atoms with Gasteiger partial charge < -0.3 is 19.5 Å². The second-order valence-corrected chi connectivity index (χ2v) is 4.89. The van der Waals surface area contributed by atoms with Crippen molar-refractivity contribution in [1.29, 1.82) is 0 Å². The molecule has 0 aromatic heterocycles. The number of halogens is 2. The van der Waals surface area contributed by atoms with Gasteiger partial charge in [-0.15, -0.1) is 0 Å². The average molecular weight is 321 g/mol. The van der Waals surface area contributed by atoms with Gasteiger partial charge in [-0.1, -0.05) is 0 Å². The zero-order chi connectivity index (χ0) is 16.4. The first-order valence-corrected chi connectivity index (χ1v) is 6.85. The van der Waals surface area contributed by atoms with Gasteiger partial charge in [-0.2, -0.15) is 0 Å². The van der Waals surface area contributed by atoms with Crippen LogP contribution in [0.15, 0.2) is 36.4 Å². The second kappa shape index (κ2) is 6.12. The summed E-state index contributed by atoms with van der Waals surface area (Å²) in [6.07, 6.45) is -0.898. The first-order valence-electron chi connectivity index (χ1n) is 6.85. The van der Waals surface area contributed by atoms with E-state index in [2.05, 4.69) is 5.32 Å². The summed E-state index contributed by atoms with van der Waals surface area (Å²) in [5, 5.41) is 2.65. The Hall–Kier alpha value is -2.83. The summed E-state index contributed by atoms with van der Waals surface area (Å²) in [6, 6.07) is 8.05. The molecule has 1 N–H and O–H groups in total. The molecule has 1 heterocycles. The van der Waals surface area contributed by atoms with Crippen LogP contribution in [0.25, 0.3) is 0 Å². The SMILES string of the molecule is CC(Oc1ccc(F)c(F)c1)C(=O)Nc1ccc2c(c1)OCO2. The van der Waals surface area contributed by atoms with Crippen molar-refractivity contribution in [2.24, 2.45) is 0 Å². The van der Waals surface area contributed by atoms with Crippen molar-refractivity contribution in [1.82, 2.24) is 0 Å². The van der Waals surface area contributed by atoms with Gasteiger partial charge in [0.15, 0.2) is 29.2 Å². The van der Waals surface area contributed by atoms with Crippen LogP contribution in [-0.4, -0.2) is 18.8 Å². The van der Waals surface area contributed by atoms with Crippen LogP contribution < -0.4 is 19.5 Å². The van der Waals surface area contributed by atoms with E-state index in [4.69, 9.17) is 14.2 Å². The summed E-state index contributed by atoms with van der Waals surface area (Å²) >= 11 is 0. The number of carbonyl (C=O) groups excluding carboxylic acids is 1. The first kappa shape index (κ1) is 15.1. The molecule has 23 heavy (non-hydrogen) atoms. The van der Waals surface area contributed by atoms with E-state index >= 15 is 0 Å². The van der Waals surface area contributed by atoms with E-state index in [9.17, 15) is 13.6 Å². The summed E-state index contributed by atoms with van der Waals surface area (Å²) in [5.41, 5.74) is 0.514. The molecule has 1 aliphatic rings. The topological polar surface area (TPSA) is 56.8 Å². The average Bonchev–Trinajstić information content (AvgIpc) is 2.98. The van der Waals surface area contributed by atoms with Crippen molar-refractivity contribution in [2.45, 2.75) is 13.0 Å². The zero-order valence-electron chi connectivity index (χ0n) is 12.1. The molecule has 120 valence electrons. The highest BCUT2D eigenvalue weighted by Gasteiger charge is 2.18. The van der Waals surface area contributed by atoms with E-state index in [1.807, 2.05) is 0 Å². The molecule has 1 unspecified atom stereocenters. The number of ether oxygens (including phenoxy) is 3. The molecule has 5 nitrogen and oxygen atoms in total. The van der Waals surface area contributed by atoms with Gasteiger partial charge in [0.2, 0.25) is 6.79 Å². The normalized spacial score (nSPS) is 13.5. The smallest absolute Gasteiger partial charge is 0.265 e. The van der Waals surface area contributed by atoms with Gasteiger partial charge in [-0.25, -0.2) is 8.78 Å². The monoisotopic (exact) mass is 321 g/mol. The van der Waals surface area contributed by atoms with Crippen molar-refractivity contribution in [2.75, 3.05) is 12.1 Å². The molecule has 1 amide bonds. The van der Waals surface area contributed by atoms with Gasteiger partial charge in [-0.3, -0.25) is 4.79 Å². The van der Waals surface area contributed by atoms with Crippen LogP contribution >= 0.6 is 0 Å². The van der Waals surface area contributed by atoms with Crippen LogP contribution in [0.2, 0.25) is 0 Å². The molecular formula is C16H13F2NO4. The second-order valence-electron chi connectivity index (χ2n) is 4.89. The molecule has 3 rings (SSSR count). The number of carbonyl (C=O) groups is 1. The molecule has 0 saturated heterocycles. The molecule has 0 radical (unpaired) electrons. The highest BCUT2D eigenvalue weighted by Crippen LogP contribution is 2.34. The molecule has 2 aromatic rings. The van der Waals surface area contributed by atoms with Gasteiger partial charge in [0, 0.05) is 17.8 Å². The maximum Gasteiger partial charge on any atom is 0.265 e. The Morgan fingerprint density at radius 2 is 1.91 bits per heavy atom. The van der Waals surface area contributed by atoms with Crippen LogP contribution in [0.1, 0.15) is 6.92 Å². The highest BCUT2D eigenvalue weighted by atomic mass is 19.2. The minimum absolute atomic E-state index is 0.0669. The number of anilines is 1. The lowest BCUT2D eigenvalue weighted by molar-refractivity contribution is -0.122. The van der Waals surface area contributed by atoms with Gasteiger partial charge in [0.05, 0.1) is 0 Å².